The van der Waals surface area contributed by atoms with Crippen molar-refractivity contribution in [1.82, 2.24) is 20.2 Å². The van der Waals surface area contributed by atoms with Crippen molar-refractivity contribution in [2.75, 3.05) is 18.0 Å². The van der Waals surface area contributed by atoms with Gasteiger partial charge in [-0.3, -0.25) is 14.9 Å². The normalized spacial score (nSPS) is 18.7. The molecule has 4 rings (SSSR count). The summed E-state index contributed by atoms with van der Waals surface area (Å²) in [6, 6.07) is 9.46. The summed E-state index contributed by atoms with van der Waals surface area (Å²) < 4.78 is 0. The second-order valence-electron chi connectivity index (χ2n) is 5.70. The van der Waals surface area contributed by atoms with E-state index in [1.54, 1.807) is 12.3 Å². The monoisotopic (exact) mass is 295 g/mol. The van der Waals surface area contributed by atoms with E-state index >= 15 is 0 Å². The molecule has 1 unspecified atom stereocenters. The molecule has 6 heteroatoms. The summed E-state index contributed by atoms with van der Waals surface area (Å²) in [5.74, 6) is 1.06. The predicted molar refractivity (Wildman–Crippen MR) is 85.1 cm³/mol. The highest BCUT2D eigenvalue weighted by Gasteiger charge is 2.24. The van der Waals surface area contributed by atoms with Gasteiger partial charge < -0.3 is 4.90 Å². The minimum atomic E-state index is -0.0794. The van der Waals surface area contributed by atoms with E-state index in [9.17, 15) is 4.79 Å². The molecule has 0 saturated carbocycles. The van der Waals surface area contributed by atoms with Crippen molar-refractivity contribution in [3.8, 4) is 0 Å². The Morgan fingerprint density at radius 2 is 2.14 bits per heavy atom. The van der Waals surface area contributed by atoms with E-state index in [1.165, 1.54) is 0 Å². The van der Waals surface area contributed by atoms with Crippen LogP contribution in [0.15, 0.2) is 41.3 Å². The van der Waals surface area contributed by atoms with Crippen LogP contribution < -0.4 is 10.5 Å². The van der Waals surface area contributed by atoms with Gasteiger partial charge in [-0.2, -0.15) is 5.10 Å². The molecule has 1 aromatic carbocycles. The van der Waals surface area contributed by atoms with Gasteiger partial charge in [0.1, 0.15) is 0 Å². The zero-order valence-corrected chi connectivity index (χ0v) is 12.1. The van der Waals surface area contributed by atoms with Gasteiger partial charge in [-0.1, -0.05) is 12.1 Å². The van der Waals surface area contributed by atoms with E-state index in [4.69, 9.17) is 0 Å². The Morgan fingerprint density at radius 1 is 1.23 bits per heavy atom. The van der Waals surface area contributed by atoms with E-state index < -0.39 is 0 Å². The fraction of sp³-hybridized carbons (Fsp3) is 0.312. The fourth-order valence-corrected chi connectivity index (χ4v) is 3.14. The molecule has 0 amide bonds. The molecule has 2 aromatic heterocycles. The summed E-state index contributed by atoms with van der Waals surface area (Å²) in [5.41, 5.74) is 1.81. The van der Waals surface area contributed by atoms with Crippen LogP contribution in [0.5, 0.6) is 0 Å². The maximum atomic E-state index is 12.2. The lowest BCUT2D eigenvalue weighted by Gasteiger charge is -2.32. The highest BCUT2D eigenvalue weighted by atomic mass is 16.1. The molecule has 0 bridgehead atoms. The van der Waals surface area contributed by atoms with E-state index in [2.05, 4.69) is 25.1 Å². The van der Waals surface area contributed by atoms with Crippen LogP contribution in [-0.4, -0.2) is 33.3 Å². The van der Waals surface area contributed by atoms with Gasteiger partial charge in [0.2, 0.25) is 5.95 Å². The minimum absolute atomic E-state index is 0.0794. The zero-order valence-electron chi connectivity index (χ0n) is 12.1. The van der Waals surface area contributed by atoms with Crippen LogP contribution in [-0.2, 0) is 0 Å². The molecule has 1 aliphatic heterocycles. The molecule has 0 spiro atoms. The van der Waals surface area contributed by atoms with Crippen LogP contribution >= 0.6 is 0 Å². The fourth-order valence-electron chi connectivity index (χ4n) is 3.14. The van der Waals surface area contributed by atoms with E-state index in [-0.39, 0.29) is 5.56 Å². The number of para-hydroxylation sites is 1. The maximum Gasteiger partial charge on any atom is 0.260 e. The largest absolute Gasteiger partial charge is 0.342 e. The molecule has 3 aromatic rings. The molecule has 3 heterocycles. The lowest BCUT2D eigenvalue weighted by molar-refractivity contribution is 0.495. The van der Waals surface area contributed by atoms with Crippen LogP contribution in [0.1, 0.15) is 24.5 Å². The number of aromatic nitrogens is 4. The number of rotatable bonds is 2. The molecule has 1 aliphatic rings. The van der Waals surface area contributed by atoms with E-state index in [1.807, 2.05) is 24.3 Å². The molecule has 0 radical (unpaired) electrons. The Labute approximate surface area is 127 Å². The molecule has 6 nitrogen and oxygen atoms in total. The number of piperidine rings is 1. The molecule has 1 atom stereocenters. The highest BCUT2D eigenvalue weighted by molar-refractivity contribution is 5.78. The second-order valence-corrected chi connectivity index (χ2v) is 5.70. The second kappa shape index (κ2) is 5.29. The summed E-state index contributed by atoms with van der Waals surface area (Å²) in [7, 11) is 0. The zero-order chi connectivity index (χ0) is 14.9. The van der Waals surface area contributed by atoms with Crippen molar-refractivity contribution in [2.24, 2.45) is 0 Å². The Morgan fingerprint density at radius 3 is 3.00 bits per heavy atom. The standard InChI is InChI=1S/C16H17N5O/c22-15-12-5-1-2-6-14(12)18-16(19-15)21-9-3-4-11(10-21)13-7-8-17-20-13/h1-2,5-8,11H,3-4,9-10H2,(H,17,20)(H,18,19,22). The van der Waals surface area contributed by atoms with Crippen molar-refractivity contribution in [2.45, 2.75) is 18.8 Å². The van der Waals surface area contributed by atoms with Gasteiger partial charge in [0, 0.05) is 30.9 Å². The van der Waals surface area contributed by atoms with Gasteiger partial charge in [0.25, 0.3) is 5.56 Å². The average molecular weight is 295 g/mol. The number of fused-ring (bicyclic) bond motifs is 1. The quantitative estimate of drug-likeness (QED) is 0.758. The number of nitrogens with one attached hydrogen (secondary N) is 2. The van der Waals surface area contributed by atoms with Crippen LogP contribution in [0.25, 0.3) is 10.9 Å². The predicted octanol–water partition coefficient (Wildman–Crippen LogP) is 2.03. The number of nitrogens with zero attached hydrogens (tertiary/aromatic N) is 3. The lowest BCUT2D eigenvalue weighted by Crippen LogP contribution is -2.36. The third kappa shape index (κ3) is 2.26. The van der Waals surface area contributed by atoms with E-state index in [0.717, 1.165) is 37.1 Å². The third-order valence-corrected chi connectivity index (χ3v) is 4.28. The van der Waals surface area contributed by atoms with Gasteiger partial charge in [-0.25, -0.2) is 4.98 Å². The Kier molecular flexibility index (Phi) is 3.14. The van der Waals surface area contributed by atoms with E-state index in [0.29, 0.717) is 17.3 Å². The summed E-state index contributed by atoms with van der Waals surface area (Å²) in [4.78, 5) is 21.9. The SMILES string of the molecule is O=c1[nH]c(N2CCCC(c3ccn[nH]3)C2)nc2ccccc12. The molecule has 1 fully saturated rings. The molecular formula is C16H17N5O. The van der Waals surface area contributed by atoms with Crippen molar-refractivity contribution >= 4 is 16.9 Å². The van der Waals surface area contributed by atoms with Crippen molar-refractivity contribution in [3.63, 3.8) is 0 Å². The first-order chi connectivity index (χ1) is 10.8. The summed E-state index contributed by atoms with van der Waals surface area (Å²) in [6.07, 6.45) is 3.97. The smallest absolute Gasteiger partial charge is 0.260 e. The van der Waals surface area contributed by atoms with Gasteiger partial charge in [0.15, 0.2) is 0 Å². The topological polar surface area (TPSA) is 77.7 Å². The molecule has 0 aliphatic carbocycles. The summed E-state index contributed by atoms with van der Waals surface area (Å²) >= 11 is 0. The number of aromatic amines is 2. The number of H-pyrrole nitrogens is 2. The van der Waals surface area contributed by atoms with Crippen LogP contribution in [0.4, 0.5) is 5.95 Å². The molecule has 112 valence electrons. The Bertz CT molecular complexity index is 839. The minimum Gasteiger partial charge on any atom is -0.342 e. The third-order valence-electron chi connectivity index (χ3n) is 4.28. The maximum absolute atomic E-state index is 12.2. The van der Waals surface area contributed by atoms with Crippen molar-refractivity contribution < 1.29 is 0 Å². The van der Waals surface area contributed by atoms with Crippen LogP contribution in [0.2, 0.25) is 0 Å². The molecule has 1 saturated heterocycles. The van der Waals surface area contributed by atoms with Gasteiger partial charge >= 0.3 is 0 Å². The summed E-state index contributed by atoms with van der Waals surface area (Å²) in [5, 5.41) is 7.72. The number of benzene rings is 1. The van der Waals surface area contributed by atoms with Crippen molar-refractivity contribution in [1.29, 1.82) is 0 Å². The Balaban J connectivity index is 1.68. The number of hydrogen-bond acceptors (Lipinski definition) is 4. The number of anilines is 1. The van der Waals surface area contributed by atoms with Gasteiger partial charge in [-0.15, -0.1) is 0 Å². The van der Waals surface area contributed by atoms with Gasteiger partial charge in [0.05, 0.1) is 10.9 Å². The highest BCUT2D eigenvalue weighted by Crippen LogP contribution is 2.27. The average Bonchev–Trinajstić information content (AvgIpc) is 3.09. The Hall–Kier alpha value is -2.63. The first kappa shape index (κ1) is 13.1. The first-order valence-corrected chi connectivity index (χ1v) is 7.54. The number of hydrogen-bond donors (Lipinski definition) is 2. The first-order valence-electron chi connectivity index (χ1n) is 7.54. The molecule has 22 heavy (non-hydrogen) atoms. The van der Waals surface area contributed by atoms with Gasteiger partial charge in [-0.05, 0) is 31.0 Å². The lowest BCUT2D eigenvalue weighted by atomic mass is 9.95. The summed E-state index contributed by atoms with van der Waals surface area (Å²) in [6.45, 7) is 1.75. The van der Waals surface area contributed by atoms with Crippen LogP contribution in [0, 0.1) is 0 Å². The molecule has 2 N–H and O–H groups in total. The van der Waals surface area contributed by atoms with Crippen LogP contribution in [0.3, 0.4) is 0 Å². The molecular weight excluding hydrogens is 278 g/mol. The van der Waals surface area contributed by atoms with Crippen molar-refractivity contribution in [3.05, 3.63) is 52.6 Å².